The number of amides is 1. The molecule has 1 fully saturated rings. The van der Waals surface area contributed by atoms with Crippen LogP contribution >= 0.6 is 0 Å². The van der Waals surface area contributed by atoms with Crippen molar-refractivity contribution in [2.75, 3.05) is 6.54 Å². The van der Waals surface area contributed by atoms with Crippen molar-refractivity contribution in [3.8, 4) is 0 Å². The highest BCUT2D eigenvalue weighted by molar-refractivity contribution is 5.51. The van der Waals surface area contributed by atoms with Gasteiger partial charge in [0.25, 0.3) is 0 Å². The van der Waals surface area contributed by atoms with Crippen molar-refractivity contribution in [2.24, 2.45) is 5.92 Å². The van der Waals surface area contributed by atoms with E-state index in [0.29, 0.717) is 12.0 Å². The summed E-state index contributed by atoms with van der Waals surface area (Å²) in [6.45, 7) is 3.04. The number of benzene rings is 1. The first-order valence-electron chi connectivity index (χ1n) is 7.60. The zero-order valence-corrected chi connectivity index (χ0v) is 11.8. The Labute approximate surface area is 115 Å². The standard InChI is InChI=1S/C17H23NO/c1-13-7-8-14-9-10-18(12-19)17(16(14)11-13)15-5-3-2-4-6-15/h7-8,11-12,15,17H,2-6,9-10H2,1H3. The molecule has 102 valence electrons. The molecule has 1 amide bonds. The van der Waals surface area contributed by atoms with Crippen molar-refractivity contribution in [2.45, 2.75) is 51.5 Å². The zero-order valence-electron chi connectivity index (χ0n) is 11.8. The Morgan fingerprint density at radius 3 is 2.74 bits per heavy atom. The van der Waals surface area contributed by atoms with Crippen LogP contribution in [0, 0.1) is 12.8 Å². The molecule has 1 atom stereocenters. The second-order valence-electron chi connectivity index (χ2n) is 6.14. The molecule has 2 heteroatoms. The van der Waals surface area contributed by atoms with E-state index in [0.717, 1.165) is 19.4 Å². The van der Waals surface area contributed by atoms with Gasteiger partial charge in [0.2, 0.25) is 6.41 Å². The lowest BCUT2D eigenvalue weighted by Gasteiger charge is -2.41. The van der Waals surface area contributed by atoms with Gasteiger partial charge in [0.05, 0.1) is 6.04 Å². The Kier molecular flexibility index (Phi) is 3.58. The molecule has 0 saturated heterocycles. The minimum absolute atomic E-state index is 0.335. The number of carbonyl (C=O) groups is 1. The van der Waals surface area contributed by atoms with Crippen LogP contribution in [0.5, 0.6) is 0 Å². The SMILES string of the molecule is Cc1ccc2c(c1)C(C1CCCCC1)N(C=O)CC2. The van der Waals surface area contributed by atoms with Crippen molar-refractivity contribution in [1.82, 2.24) is 4.90 Å². The number of hydrogen-bond donors (Lipinski definition) is 0. The fourth-order valence-electron chi connectivity index (χ4n) is 3.88. The fourth-order valence-corrected chi connectivity index (χ4v) is 3.88. The van der Waals surface area contributed by atoms with Gasteiger partial charge in [0, 0.05) is 6.54 Å². The normalized spacial score (nSPS) is 24.1. The van der Waals surface area contributed by atoms with E-state index >= 15 is 0 Å². The van der Waals surface area contributed by atoms with E-state index in [1.807, 2.05) is 0 Å². The second-order valence-corrected chi connectivity index (χ2v) is 6.14. The summed E-state index contributed by atoms with van der Waals surface area (Å²) in [5, 5.41) is 0. The lowest BCUT2D eigenvalue weighted by atomic mass is 9.77. The first-order chi connectivity index (χ1) is 9.29. The maximum atomic E-state index is 11.4. The topological polar surface area (TPSA) is 20.3 Å². The highest BCUT2D eigenvalue weighted by Crippen LogP contribution is 2.41. The highest BCUT2D eigenvalue weighted by Gasteiger charge is 2.33. The Bertz CT molecular complexity index is 462. The third-order valence-corrected chi connectivity index (χ3v) is 4.85. The van der Waals surface area contributed by atoms with Crippen LogP contribution in [0.15, 0.2) is 18.2 Å². The molecule has 0 bridgehead atoms. The van der Waals surface area contributed by atoms with Crippen LogP contribution in [-0.2, 0) is 11.2 Å². The molecule has 1 aromatic rings. The first kappa shape index (κ1) is 12.7. The summed E-state index contributed by atoms with van der Waals surface area (Å²) in [5.41, 5.74) is 4.19. The van der Waals surface area contributed by atoms with E-state index in [9.17, 15) is 4.79 Å². The first-order valence-corrected chi connectivity index (χ1v) is 7.60. The zero-order chi connectivity index (χ0) is 13.2. The molecule has 3 rings (SSSR count). The minimum Gasteiger partial charge on any atom is -0.338 e. The molecule has 0 aromatic heterocycles. The number of nitrogens with zero attached hydrogens (tertiary/aromatic N) is 1. The third-order valence-electron chi connectivity index (χ3n) is 4.85. The summed E-state index contributed by atoms with van der Waals surface area (Å²) in [5.74, 6) is 0.666. The van der Waals surface area contributed by atoms with Crippen LogP contribution < -0.4 is 0 Å². The van der Waals surface area contributed by atoms with Crippen LogP contribution in [-0.4, -0.2) is 17.9 Å². The molecule has 1 heterocycles. The molecule has 2 nitrogen and oxygen atoms in total. The maximum Gasteiger partial charge on any atom is 0.210 e. The molecule has 1 aliphatic carbocycles. The molecule has 1 unspecified atom stereocenters. The van der Waals surface area contributed by atoms with E-state index in [4.69, 9.17) is 0 Å². The van der Waals surface area contributed by atoms with Crippen molar-refractivity contribution in [1.29, 1.82) is 0 Å². The minimum atomic E-state index is 0.335. The molecular formula is C17H23NO. The van der Waals surface area contributed by atoms with Gasteiger partial charge < -0.3 is 4.90 Å². The van der Waals surface area contributed by atoms with Crippen LogP contribution in [0.2, 0.25) is 0 Å². The number of aryl methyl sites for hydroxylation is 1. The molecule has 19 heavy (non-hydrogen) atoms. The van der Waals surface area contributed by atoms with E-state index in [1.54, 1.807) is 0 Å². The Morgan fingerprint density at radius 1 is 1.21 bits per heavy atom. The number of fused-ring (bicyclic) bond motifs is 1. The quantitative estimate of drug-likeness (QED) is 0.741. The van der Waals surface area contributed by atoms with Gasteiger partial charge in [-0.1, -0.05) is 43.0 Å². The fraction of sp³-hybridized carbons (Fsp3) is 0.588. The Balaban J connectivity index is 1.98. The average Bonchev–Trinajstić information content (AvgIpc) is 2.46. The van der Waals surface area contributed by atoms with Crippen LogP contribution in [0.3, 0.4) is 0 Å². The van der Waals surface area contributed by atoms with E-state index in [-0.39, 0.29) is 0 Å². The molecule has 0 radical (unpaired) electrons. The van der Waals surface area contributed by atoms with Gasteiger partial charge >= 0.3 is 0 Å². The van der Waals surface area contributed by atoms with E-state index in [2.05, 4.69) is 30.0 Å². The average molecular weight is 257 g/mol. The van der Waals surface area contributed by atoms with Gasteiger partial charge in [-0.2, -0.15) is 0 Å². The number of rotatable bonds is 2. The van der Waals surface area contributed by atoms with E-state index in [1.165, 1.54) is 48.8 Å². The van der Waals surface area contributed by atoms with Crippen molar-refractivity contribution in [3.63, 3.8) is 0 Å². The molecule has 0 spiro atoms. The van der Waals surface area contributed by atoms with Crippen molar-refractivity contribution >= 4 is 6.41 Å². The Hall–Kier alpha value is -1.31. The lowest BCUT2D eigenvalue weighted by Crippen LogP contribution is -2.39. The van der Waals surface area contributed by atoms with Gasteiger partial charge in [0.15, 0.2) is 0 Å². The summed E-state index contributed by atoms with van der Waals surface area (Å²) in [7, 11) is 0. The highest BCUT2D eigenvalue weighted by atomic mass is 16.1. The van der Waals surface area contributed by atoms with Gasteiger partial charge in [-0.3, -0.25) is 4.79 Å². The third kappa shape index (κ3) is 2.41. The largest absolute Gasteiger partial charge is 0.338 e. The molecule has 2 aliphatic rings. The molecule has 1 aliphatic heterocycles. The summed E-state index contributed by atoms with van der Waals surface area (Å²) in [4.78, 5) is 13.5. The van der Waals surface area contributed by atoms with Crippen molar-refractivity contribution < 1.29 is 4.79 Å². The van der Waals surface area contributed by atoms with Crippen LogP contribution in [0.4, 0.5) is 0 Å². The summed E-state index contributed by atoms with van der Waals surface area (Å²) >= 11 is 0. The van der Waals surface area contributed by atoms with Gasteiger partial charge in [-0.15, -0.1) is 0 Å². The number of hydrogen-bond acceptors (Lipinski definition) is 1. The maximum absolute atomic E-state index is 11.4. The predicted octanol–water partition coefficient (Wildman–Crippen LogP) is 3.63. The van der Waals surface area contributed by atoms with Crippen LogP contribution in [0.1, 0.15) is 54.8 Å². The summed E-state index contributed by atoms with van der Waals surface area (Å²) < 4.78 is 0. The predicted molar refractivity (Wildman–Crippen MR) is 77.0 cm³/mol. The molecule has 1 saturated carbocycles. The Morgan fingerprint density at radius 2 is 2.00 bits per heavy atom. The smallest absolute Gasteiger partial charge is 0.210 e. The van der Waals surface area contributed by atoms with E-state index < -0.39 is 0 Å². The number of carbonyl (C=O) groups excluding carboxylic acids is 1. The van der Waals surface area contributed by atoms with Gasteiger partial charge in [-0.25, -0.2) is 0 Å². The van der Waals surface area contributed by atoms with Crippen molar-refractivity contribution in [3.05, 3.63) is 34.9 Å². The molecule has 0 N–H and O–H groups in total. The van der Waals surface area contributed by atoms with Gasteiger partial charge in [-0.05, 0) is 43.2 Å². The van der Waals surface area contributed by atoms with Crippen LogP contribution in [0.25, 0.3) is 0 Å². The van der Waals surface area contributed by atoms with Gasteiger partial charge in [0.1, 0.15) is 0 Å². The molecular weight excluding hydrogens is 234 g/mol. The molecule has 1 aromatic carbocycles. The summed E-state index contributed by atoms with van der Waals surface area (Å²) in [6.07, 6.45) is 8.67. The monoisotopic (exact) mass is 257 g/mol. The lowest BCUT2D eigenvalue weighted by molar-refractivity contribution is -0.122. The second kappa shape index (κ2) is 5.36. The summed E-state index contributed by atoms with van der Waals surface area (Å²) in [6, 6.07) is 7.11.